The normalized spacial score (nSPS) is 25.1. The first-order valence-corrected chi connectivity index (χ1v) is 8.24. The summed E-state index contributed by atoms with van der Waals surface area (Å²) in [5.41, 5.74) is 1.15. The Bertz CT molecular complexity index is 542. The van der Waals surface area contributed by atoms with Crippen LogP contribution in [0.15, 0.2) is 28.2 Å². The molecule has 20 heavy (non-hydrogen) atoms. The minimum atomic E-state index is -0.521. The zero-order chi connectivity index (χ0) is 14.9. The molecular formula is C13H17N3O2S2. The molecule has 0 radical (unpaired) electrons. The van der Waals surface area contributed by atoms with Gasteiger partial charge in [0, 0.05) is 18.8 Å². The second kappa shape index (κ2) is 5.65. The number of hydrogen-bond donors (Lipinski definition) is 1. The van der Waals surface area contributed by atoms with Crippen LogP contribution in [0.5, 0.6) is 0 Å². The molecule has 2 amide bonds. The lowest BCUT2D eigenvalue weighted by Crippen LogP contribution is -2.41. The van der Waals surface area contributed by atoms with Crippen molar-refractivity contribution in [2.45, 2.75) is 31.6 Å². The van der Waals surface area contributed by atoms with Gasteiger partial charge in [-0.1, -0.05) is 24.4 Å². The summed E-state index contributed by atoms with van der Waals surface area (Å²) in [6.07, 6.45) is 5.47. The first kappa shape index (κ1) is 15.2. The van der Waals surface area contributed by atoms with Crippen molar-refractivity contribution in [3.63, 3.8) is 0 Å². The van der Waals surface area contributed by atoms with Gasteiger partial charge in [-0.15, -0.1) is 16.9 Å². The number of allylic oxidation sites excluding steroid dienone is 2. The molecular weight excluding hydrogens is 294 g/mol. The van der Waals surface area contributed by atoms with Gasteiger partial charge in [0.25, 0.3) is 0 Å². The molecule has 0 bridgehead atoms. The SMILES string of the molecule is C=CC1=C(SC)C2(CC1)SC(NC(C)=O)=NN2C(C)=O. The van der Waals surface area contributed by atoms with Gasteiger partial charge in [0.2, 0.25) is 11.8 Å². The van der Waals surface area contributed by atoms with Gasteiger partial charge in [-0.2, -0.15) is 0 Å². The summed E-state index contributed by atoms with van der Waals surface area (Å²) in [6.45, 7) is 6.77. The lowest BCUT2D eigenvalue weighted by atomic mass is 10.2. The van der Waals surface area contributed by atoms with Crippen LogP contribution in [0.4, 0.5) is 0 Å². The van der Waals surface area contributed by atoms with Gasteiger partial charge in [0.1, 0.15) is 0 Å². The van der Waals surface area contributed by atoms with Crippen molar-refractivity contribution < 1.29 is 9.59 Å². The van der Waals surface area contributed by atoms with E-state index in [1.165, 1.54) is 30.6 Å². The maximum atomic E-state index is 11.9. The molecule has 0 saturated heterocycles. The van der Waals surface area contributed by atoms with Crippen molar-refractivity contribution in [1.29, 1.82) is 0 Å². The van der Waals surface area contributed by atoms with Crippen LogP contribution in [0.3, 0.4) is 0 Å². The third-order valence-electron chi connectivity index (χ3n) is 3.21. The summed E-state index contributed by atoms with van der Waals surface area (Å²) in [6, 6.07) is 0. The molecule has 1 aliphatic heterocycles. The monoisotopic (exact) mass is 311 g/mol. The molecule has 0 aromatic heterocycles. The Morgan fingerprint density at radius 2 is 2.25 bits per heavy atom. The third-order valence-corrected chi connectivity index (χ3v) is 5.64. The van der Waals surface area contributed by atoms with E-state index in [1.54, 1.807) is 11.8 Å². The quantitative estimate of drug-likeness (QED) is 0.850. The van der Waals surface area contributed by atoms with E-state index in [9.17, 15) is 9.59 Å². The van der Waals surface area contributed by atoms with Gasteiger partial charge >= 0.3 is 0 Å². The first-order valence-electron chi connectivity index (χ1n) is 6.20. The van der Waals surface area contributed by atoms with Crippen molar-refractivity contribution in [3.05, 3.63) is 23.1 Å². The molecule has 7 heteroatoms. The van der Waals surface area contributed by atoms with Crippen molar-refractivity contribution in [1.82, 2.24) is 10.3 Å². The molecule has 0 fully saturated rings. The fourth-order valence-corrected chi connectivity index (χ4v) is 5.14. The molecule has 0 aromatic rings. The molecule has 5 nitrogen and oxygen atoms in total. The van der Waals surface area contributed by atoms with Gasteiger partial charge in [-0.05, 0) is 24.7 Å². The number of thioether (sulfide) groups is 2. The third kappa shape index (κ3) is 2.40. The number of hydrogen-bond acceptors (Lipinski definition) is 5. The van der Waals surface area contributed by atoms with E-state index in [2.05, 4.69) is 17.0 Å². The number of carbonyl (C=O) groups excluding carboxylic acids is 2. The molecule has 1 heterocycles. The van der Waals surface area contributed by atoms with Crippen LogP contribution in [-0.4, -0.2) is 33.1 Å². The van der Waals surface area contributed by atoms with Crippen LogP contribution >= 0.6 is 23.5 Å². The van der Waals surface area contributed by atoms with Crippen LogP contribution in [0.25, 0.3) is 0 Å². The van der Waals surface area contributed by atoms with Gasteiger partial charge in [0.15, 0.2) is 10.0 Å². The number of amides is 2. The van der Waals surface area contributed by atoms with E-state index in [-0.39, 0.29) is 11.8 Å². The molecule has 108 valence electrons. The molecule has 1 aliphatic carbocycles. The molecule has 0 saturated carbocycles. The number of nitrogens with zero attached hydrogens (tertiary/aromatic N) is 2. The molecule has 1 atom stereocenters. The van der Waals surface area contributed by atoms with Crippen LogP contribution in [0.2, 0.25) is 0 Å². The fraction of sp³-hybridized carbons (Fsp3) is 0.462. The summed E-state index contributed by atoms with van der Waals surface area (Å²) in [4.78, 5) is 23.7. The predicted molar refractivity (Wildman–Crippen MR) is 84.1 cm³/mol. The maximum absolute atomic E-state index is 11.9. The average molecular weight is 311 g/mol. The van der Waals surface area contributed by atoms with Crippen LogP contribution in [0, 0.1) is 0 Å². The smallest absolute Gasteiger partial charge is 0.241 e. The zero-order valence-electron chi connectivity index (χ0n) is 11.7. The first-order chi connectivity index (χ1) is 9.44. The van der Waals surface area contributed by atoms with E-state index in [0.717, 1.165) is 23.3 Å². The Labute approximate surface area is 126 Å². The number of hydrazone groups is 1. The van der Waals surface area contributed by atoms with Gasteiger partial charge in [-0.25, -0.2) is 5.01 Å². The summed E-state index contributed by atoms with van der Waals surface area (Å²) in [7, 11) is 0. The van der Waals surface area contributed by atoms with Gasteiger partial charge < -0.3 is 5.32 Å². The zero-order valence-corrected chi connectivity index (χ0v) is 13.4. The van der Waals surface area contributed by atoms with Crippen LogP contribution < -0.4 is 5.32 Å². The lowest BCUT2D eigenvalue weighted by molar-refractivity contribution is -0.131. The minimum Gasteiger partial charge on any atom is -0.304 e. The van der Waals surface area contributed by atoms with Gasteiger partial charge in [-0.3, -0.25) is 9.59 Å². The highest BCUT2D eigenvalue weighted by Gasteiger charge is 2.52. The van der Waals surface area contributed by atoms with Gasteiger partial charge in [0.05, 0.1) is 0 Å². The fourth-order valence-electron chi connectivity index (χ4n) is 2.49. The standard InChI is InChI=1S/C13H17N3O2S2/c1-5-10-6-7-13(11(10)19-4)16(9(3)18)15-12(20-13)14-8(2)17/h5H,1,6-7H2,2-4H3,(H,14,15,17). The highest BCUT2D eigenvalue weighted by Crippen LogP contribution is 2.55. The Kier molecular flexibility index (Phi) is 4.29. The highest BCUT2D eigenvalue weighted by atomic mass is 32.2. The van der Waals surface area contributed by atoms with Crippen molar-refractivity contribution in [2.24, 2.45) is 5.10 Å². The average Bonchev–Trinajstić information content (AvgIpc) is 2.90. The number of amidine groups is 1. The highest BCUT2D eigenvalue weighted by molar-refractivity contribution is 8.16. The number of rotatable bonds is 2. The van der Waals surface area contributed by atoms with Crippen LogP contribution in [0.1, 0.15) is 26.7 Å². The van der Waals surface area contributed by atoms with Crippen molar-refractivity contribution >= 4 is 40.5 Å². The Balaban J connectivity index is 2.41. The molecule has 1 unspecified atom stereocenters. The summed E-state index contributed by atoms with van der Waals surface area (Å²) in [5.74, 6) is -0.317. The van der Waals surface area contributed by atoms with E-state index in [4.69, 9.17) is 0 Å². The minimum absolute atomic E-state index is 0.130. The maximum Gasteiger partial charge on any atom is 0.241 e. The molecule has 1 N–H and O–H groups in total. The van der Waals surface area contributed by atoms with Crippen molar-refractivity contribution in [3.8, 4) is 0 Å². The van der Waals surface area contributed by atoms with E-state index >= 15 is 0 Å². The molecule has 0 aromatic carbocycles. The second-order valence-corrected chi connectivity index (χ2v) is 6.65. The second-order valence-electron chi connectivity index (χ2n) is 4.57. The molecule has 2 aliphatic rings. The Morgan fingerprint density at radius 3 is 2.75 bits per heavy atom. The lowest BCUT2D eigenvalue weighted by Gasteiger charge is -2.32. The molecule has 2 rings (SSSR count). The largest absolute Gasteiger partial charge is 0.304 e. The summed E-state index contributed by atoms with van der Waals surface area (Å²) in [5, 5.41) is 8.93. The van der Waals surface area contributed by atoms with Crippen molar-refractivity contribution in [2.75, 3.05) is 6.26 Å². The number of nitrogens with one attached hydrogen (secondary N) is 1. The topological polar surface area (TPSA) is 61.8 Å². The van der Waals surface area contributed by atoms with E-state index < -0.39 is 4.87 Å². The summed E-state index contributed by atoms with van der Waals surface area (Å²) < 4.78 is 0. The Hall–Kier alpha value is -1.21. The van der Waals surface area contributed by atoms with Crippen LogP contribution in [-0.2, 0) is 9.59 Å². The van der Waals surface area contributed by atoms with E-state index in [0.29, 0.717) is 5.17 Å². The summed E-state index contributed by atoms with van der Waals surface area (Å²) >= 11 is 3.04. The van der Waals surface area contributed by atoms with E-state index in [1.807, 2.05) is 12.3 Å². The Morgan fingerprint density at radius 1 is 1.55 bits per heavy atom. The number of carbonyl (C=O) groups is 2. The molecule has 1 spiro atoms. The predicted octanol–water partition coefficient (Wildman–Crippen LogP) is 2.28.